The maximum Gasteiger partial charge on any atom is 0.193 e. The van der Waals surface area contributed by atoms with Crippen molar-refractivity contribution in [3.05, 3.63) is 10.3 Å². The molecule has 98 valence electrons. The third-order valence-corrected chi connectivity index (χ3v) is 2.11. The van der Waals surface area contributed by atoms with Gasteiger partial charge in [0, 0.05) is 28.2 Å². The maximum absolute atomic E-state index is 5.90. The van der Waals surface area contributed by atoms with E-state index in [0.29, 0.717) is 0 Å². The Balaban J connectivity index is 3.10. The van der Waals surface area contributed by atoms with Crippen molar-refractivity contribution in [2.75, 3.05) is 28.2 Å². The first-order valence-electron chi connectivity index (χ1n) is 5.04. The molecular weight excluding hydrogens is 275 g/mol. The summed E-state index contributed by atoms with van der Waals surface area (Å²) in [4.78, 5) is 19.8. The summed E-state index contributed by atoms with van der Waals surface area (Å²) in [6.45, 7) is 0. The molecule has 1 rings (SSSR count). The van der Waals surface area contributed by atoms with Gasteiger partial charge < -0.3 is 9.80 Å². The molecule has 0 bridgehead atoms. The van der Waals surface area contributed by atoms with E-state index in [2.05, 4.69) is 20.0 Å². The van der Waals surface area contributed by atoms with Crippen LogP contribution in [0.2, 0.25) is 10.3 Å². The fraction of sp³-hybridized carbons (Fsp3) is 0.400. The van der Waals surface area contributed by atoms with Crippen molar-refractivity contribution < 1.29 is 0 Å². The maximum atomic E-state index is 5.90. The largest absolute Gasteiger partial charge is 0.369 e. The first-order chi connectivity index (χ1) is 8.40. The third kappa shape index (κ3) is 4.46. The van der Waals surface area contributed by atoms with Crippen LogP contribution in [0.25, 0.3) is 0 Å². The van der Waals surface area contributed by atoms with E-state index in [1.54, 1.807) is 22.5 Å². The molecule has 0 fully saturated rings. The van der Waals surface area contributed by atoms with E-state index >= 15 is 0 Å². The zero-order chi connectivity index (χ0) is 13.7. The number of hydrogen-bond donors (Lipinski definition) is 0. The molecule has 0 aliphatic carbocycles. The van der Waals surface area contributed by atoms with Crippen molar-refractivity contribution >= 4 is 47.5 Å². The van der Waals surface area contributed by atoms with Gasteiger partial charge in [0.2, 0.25) is 0 Å². The molecule has 0 aromatic carbocycles. The minimum Gasteiger partial charge on any atom is -0.369 e. The molecule has 0 aliphatic rings. The Morgan fingerprint density at radius 2 is 1.22 bits per heavy atom. The van der Waals surface area contributed by atoms with Gasteiger partial charge in [0.1, 0.15) is 0 Å². The lowest BCUT2D eigenvalue weighted by Crippen LogP contribution is -2.07. The lowest BCUT2D eigenvalue weighted by Gasteiger charge is -2.05. The van der Waals surface area contributed by atoms with Gasteiger partial charge in [-0.2, -0.15) is 0 Å². The van der Waals surface area contributed by atoms with E-state index in [1.807, 2.05) is 28.2 Å². The van der Waals surface area contributed by atoms with Gasteiger partial charge in [-0.05, 0) is 0 Å². The average molecular weight is 289 g/mol. The van der Waals surface area contributed by atoms with Gasteiger partial charge >= 0.3 is 0 Å². The van der Waals surface area contributed by atoms with Gasteiger partial charge in [0.05, 0.1) is 12.7 Å². The summed E-state index contributed by atoms with van der Waals surface area (Å²) < 4.78 is 0. The molecule has 0 saturated carbocycles. The highest BCUT2D eigenvalue weighted by Gasteiger charge is 2.09. The number of halogens is 2. The zero-order valence-electron chi connectivity index (χ0n) is 10.6. The van der Waals surface area contributed by atoms with Crippen LogP contribution in [0, 0.1) is 0 Å². The predicted octanol–water partition coefficient (Wildman–Crippen LogP) is 2.23. The molecule has 0 unspecified atom stereocenters. The highest BCUT2D eigenvalue weighted by Crippen LogP contribution is 2.28. The second kappa shape index (κ2) is 6.51. The molecule has 8 heteroatoms. The molecule has 0 aliphatic heterocycles. The smallest absolute Gasteiger partial charge is 0.193 e. The third-order valence-electron chi connectivity index (χ3n) is 1.60. The highest BCUT2D eigenvalue weighted by molar-refractivity contribution is 6.34. The summed E-state index contributed by atoms with van der Waals surface area (Å²) in [5.74, 6) is 0.557. The molecule has 1 aromatic heterocycles. The Hall–Kier alpha value is -1.40. The van der Waals surface area contributed by atoms with Crippen molar-refractivity contribution in [1.29, 1.82) is 0 Å². The molecule has 0 saturated heterocycles. The summed E-state index contributed by atoms with van der Waals surface area (Å²) in [7, 11) is 7.36. The van der Waals surface area contributed by atoms with Gasteiger partial charge in [0.25, 0.3) is 0 Å². The predicted molar refractivity (Wildman–Crippen MR) is 75.7 cm³/mol. The van der Waals surface area contributed by atoms with Crippen LogP contribution in [0.5, 0.6) is 0 Å². The Kier molecular flexibility index (Phi) is 5.30. The summed E-state index contributed by atoms with van der Waals surface area (Å²) in [5, 5.41) is 0.281. The van der Waals surface area contributed by atoms with Crippen molar-refractivity contribution in [3.63, 3.8) is 0 Å². The molecule has 0 atom stereocenters. The van der Waals surface area contributed by atoms with E-state index in [9.17, 15) is 0 Å². The standard InChI is InChI=1S/C10H14Cl2N6/c1-17(2)5-13-9-7(11)15-8(12)10(16-9)14-6-18(3)4/h5-6H,1-4H3/b13-5+,14-6?. The molecule has 6 nitrogen and oxygen atoms in total. The Labute approximate surface area is 116 Å². The average Bonchev–Trinajstić information content (AvgIpc) is 2.26. The Morgan fingerprint density at radius 3 is 1.56 bits per heavy atom. The van der Waals surface area contributed by atoms with Crippen LogP contribution in [-0.2, 0) is 0 Å². The minimum atomic E-state index is 0.141. The SMILES string of the molecule is CN(C)C=Nc1nc(/N=C/N(C)C)c(Cl)nc1Cl. The molecule has 18 heavy (non-hydrogen) atoms. The lowest BCUT2D eigenvalue weighted by atomic mass is 10.6. The van der Waals surface area contributed by atoms with Crippen molar-refractivity contribution in [2.45, 2.75) is 0 Å². The molecular formula is C10H14Cl2N6. The van der Waals surface area contributed by atoms with Crippen molar-refractivity contribution in [2.24, 2.45) is 9.98 Å². The zero-order valence-corrected chi connectivity index (χ0v) is 12.1. The monoisotopic (exact) mass is 288 g/mol. The summed E-state index contributed by atoms with van der Waals surface area (Å²) in [6.07, 6.45) is 3.15. The number of nitrogens with zero attached hydrogens (tertiary/aromatic N) is 6. The van der Waals surface area contributed by atoms with Gasteiger partial charge in [-0.3, -0.25) is 0 Å². The summed E-state index contributed by atoms with van der Waals surface area (Å²) in [5.41, 5.74) is 0. The Morgan fingerprint density at radius 1 is 0.833 bits per heavy atom. The second-order valence-electron chi connectivity index (χ2n) is 3.87. The summed E-state index contributed by atoms with van der Waals surface area (Å²) >= 11 is 11.8. The fourth-order valence-electron chi connectivity index (χ4n) is 0.883. The lowest BCUT2D eigenvalue weighted by molar-refractivity contribution is 0.642. The molecule has 1 aromatic rings. The van der Waals surface area contributed by atoms with Crippen LogP contribution >= 0.6 is 23.2 Å². The van der Waals surface area contributed by atoms with Crippen LogP contribution in [-0.4, -0.2) is 60.6 Å². The van der Waals surface area contributed by atoms with Gasteiger partial charge in [-0.15, -0.1) is 0 Å². The molecule has 1 heterocycles. The normalized spacial score (nSPS) is 11.4. The van der Waals surface area contributed by atoms with Crippen LogP contribution in [0.4, 0.5) is 11.6 Å². The van der Waals surface area contributed by atoms with Gasteiger partial charge in [0.15, 0.2) is 21.9 Å². The van der Waals surface area contributed by atoms with E-state index in [1.165, 1.54) is 0 Å². The van der Waals surface area contributed by atoms with Crippen molar-refractivity contribution in [3.8, 4) is 0 Å². The van der Waals surface area contributed by atoms with E-state index in [4.69, 9.17) is 23.2 Å². The molecule has 0 amide bonds. The van der Waals surface area contributed by atoms with Crippen LogP contribution in [0.1, 0.15) is 0 Å². The topological polar surface area (TPSA) is 57.0 Å². The second-order valence-corrected chi connectivity index (χ2v) is 4.58. The van der Waals surface area contributed by atoms with E-state index in [-0.39, 0.29) is 21.9 Å². The summed E-state index contributed by atoms with van der Waals surface area (Å²) in [6, 6.07) is 0. The Bertz CT molecular complexity index is 430. The van der Waals surface area contributed by atoms with Gasteiger partial charge in [-0.1, -0.05) is 23.2 Å². The van der Waals surface area contributed by atoms with Crippen LogP contribution in [0.3, 0.4) is 0 Å². The van der Waals surface area contributed by atoms with E-state index < -0.39 is 0 Å². The quantitative estimate of drug-likeness (QED) is 0.630. The highest BCUT2D eigenvalue weighted by atomic mass is 35.5. The number of rotatable bonds is 4. The number of aliphatic imine (C=N–C) groups is 2. The number of hydrogen-bond acceptors (Lipinski definition) is 4. The molecule has 0 radical (unpaired) electrons. The van der Waals surface area contributed by atoms with E-state index in [0.717, 1.165) is 0 Å². The molecule has 0 N–H and O–H groups in total. The first-order valence-corrected chi connectivity index (χ1v) is 5.80. The van der Waals surface area contributed by atoms with Crippen LogP contribution in [0.15, 0.2) is 9.98 Å². The first kappa shape index (κ1) is 14.7. The van der Waals surface area contributed by atoms with Crippen molar-refractivity contribution in [1.82, 2.24) is 19.8 Å². The number of aromatic nitrogens is 2. The minimum absolute atomic E-state index is 0.141. The van der Waals surface area contributed by atoms with Gasteiger partial charge in [-0.25, -0.2) is 20.0 Å². The fourth-order valence-corrected chi connectivity index (χ4v) is 1.28. The van der Waals surface area contributed by atoms with Crippen LogP contribution < -0.4 is 0 Å². The molecule has 0 spiro atoms.